The summed E-state index contributed by atoms with van der Waals surface area (Å²) in [5, 5.41) is 2.92. The van der Waals surface area contributed by atoms with Gasteiger partial charge in [0.25, 0.3) is 5.91 Å². The van der Waals surface area contributed by atoms with Crippen LogP contribution in [0.5, 0.6) is 0 Å². The first-order valence-electron chi connectivity index (χ1n) is 6.51. The normalized spacial score (nSPS) is 10.9. The molecule has 5 heteroatoms. The maximum atomic E-state index is 12.4. The summed E-state index contributed by atoms with van der Waals surface area (Å²) in [6.45, 7) is 7.91. The molecule has 2 rings (SSSR count). The van der Waals surface area contributed by atoms with E-state index in [-0.39, 0.29) is 11.9 Å². The molecule has 0 aliphatic rings. The molecule has 0 atom stereocenters. The number of hydrogen-bond donors (Lipinski definition) is 1. The highest BCUT2D eigenvalue weighted by Crippen LogP contribution is 2.21. The number of carbonyl (C=O) groups excluding carboxylic acids is 1. The fraction of sp³-hybridized carbons (Fsp3) is 0.333. The van der Waals surface area contributed by atoms with E-state index in [4.69, 9.17) is 0 Å². The van der Waals surface area contributed by atoms with Gasteiger partial charge in [0.05, 0.1) is 11.4 Å². The first-order chi connectivity index (χ1) is 9.38. The van der Waals surface area contributed by atoms with Gasteiger partial charge in [0, 0.05) is 22.4 Å². The molecular weight excluding hydrogens is 318 g/mol. The first kappa shape index (κ1) is 14.8. The average molecular weight is 336 g/mol. The molecule has 20 heavy (non-hydrogen) atoms. The number of nitrogens with zero attached hydrogens (tertiary/aromatic N) is 2. The van der Waals surface area contributed by atoms with Crippen molar-refractivity contribution in [2.24, 2.45) is 0 Å². The summed E-state index contributed by atoms with van der Waals surface area (Å²) in [5.41, 5.74) is 3.13. The van der Waals surface area contributed by atoms with Crippen LogP contribution in [-0.2, 0) is 0 Å². The Hall–Kier alpha value is -1.62. The third-order valence-corrected chi connectivity index (χ3v) is 3.51. The lowest BCUT2D eigenvalue weighted by Crippen LogP contribution is -2.18. The van der Waals surface area contributed by atoms with E-state index in [1.807, 2.05) is 56.7 Å². The van der Waals surface area contributed by atoms with Crippen molar-refractivity contribution in [2.75, 3.05) is 5.32 Å². The van der Waals surface area contributed by atoms with Crippen molar-refractivity contribution in [1.29, 1.82) is 0 Å². The smallest absolute Gasteiger partial charge is 0.272 e. The quantitative estimate of drug-likeness (QED) is 0.917. The lowest BCUT2D eigenvalue weighted by Gasteiger charge is -2.13. The van der Waals surface area contributed by atoms with Crippen LogP contribution in [0.4, 0.5) is 5.69 Å². The fourth-order valence-corrected chi connectivity index (χ4v) is 2.50. The zero-order valence-electron chi connectivity index (χ0n) is 12.1. The molecule has 0 aliphatic heterocycles. The number of halogens is 1. The Morgan fingerprint density at radius 1 is 1.35 bits per heavy atom. The minimum Gasteiger partial charge on any atom is -0.340 e. The van der Waals surface area contributed by atoms with Gasteiger partial charge >= 0.3 is 0 Å². The van der Waals surface area contributed by atoms with Crippen molar-refractivity contribution in [3.8, 4) is 0 Å². The number of anilines is 1. The van der Waals surface area contributed by atoms with Crippen molar-refractivity contribution < 1.29 is 4.79 Å². The Bertz CT molecular complexity index is 647. The monoisotopic (exact) mass is 335 g/mol. The summed E-state index contributed by atoms with van der Waals surface area (Å²) >= 11 is 3.42. The number of aromatic nitrogens is 2. The number of pyridine rings is 1. The predicted molar refractivity (Wildman–Crippen MR) is 84.2 cm³/mol. The molecule has 0 aromatic carbocycles. The lowest BCUT2D eigenvalue weighted by atomic mass is 10.2. The number of amides is 1. The van der Waals surface area contributed by atoms with E-state index in [0.29, 0.717) is 5.69 Å². The van der Waals surface area contributed by atoms with Crippen molar-refractivity contribution >= 4 is 27.5 Å². The second-order valence-corrected chi connectivity index (χ2v) is 6.00. The molecule has 0 aliphatic carbocycles. The lowest BCUT2D eigenvalue weighted by molar-refractivity contribution is 0.101. The largest absolute Gasteiger partial charge is 0.340 e. The Morgan fingerprint density at radius 2 is 2.05 bits per heavy atom. The second-order valence-electron chi connectivity index (χ2n) is 5.08. The molecule has 0 saturated heterocycles. The van der Waals surface area contributed by atoms with Gasteiger partial charge in [-0.3, -0.25) is 9.78 Å². The second kappa shape index (κ2) is 5.79. The van der Waals surface area contributed by atoms with Crippen LogP contribution in [0.3, 0.4) is 0 Å². The summed E-state index contributed by atoms with van der Waals surface area (Å²) in [5.74, 6) is -0.127. The standard InChI is InChI=1S/C15H18BrN3O/c1-9(2)19-8-12(16)7-14(19)15(20)18-13-6-5-10(3)17-11(13)4/h5-9H,1-4H3,(H,18,20). The van der Waals surface area contributed by atoms with E-state index in [2.05, 4.69) is 26.2 Å². The van der Waals surface area contributed by atoms with Gasteiger partial charge in [-0.1, -0.05) is 0 Å². The molecule has 0 unspecified atom stereocenters. The summed E-state index contributed by atoms with van der Waals surface area (Å²) in [6, 6.07) is 5.82. The zero-order chi connectivity index (χ0) is 14.9. The van der Waals surface area contributed by atoms with Crippen LogP contribution in [0.15, 0.2) is 28.9 Å². The van der Waals surface area contributed by atoms with Crippen LogP contribution in [0, 0.1) is 13.8 Å². The fourth-order valence-electron chi connectivity index (χ4n) is 2.06. The topological polar surface area (TPSA) is 46.9 Å². The molecule has 2 aromatic heterocycles. The minimum atomic E-state index is -0.127. The predicted octanol–water partition coefficient (Wildman–Crippen LogP) is 4.10. The molecule has 106 valence electrons. The van der Waals surface area contributed by atoms with Crippen LogP contribution in [-0.4, -0.2) is 15.5 Å². The molecule has 0 spiro atoms. The van der Waals surface area contributed by atoms with Gasteiger partial charge in [-0.05, 0) is 61.8 Å². The Balaban J connectivity index is 2.28. The Labute approximate surface area is 127 Å². The summed E-state index contributed by atoms with van der Waals surface area (Å²) in [6.07, 6.45) is 1.92. The third-order valence-electron chi connectivity index (χ3n) is 3.08. The summed E-state index contributed by atoms with van der Waals surface area (Å²) in [4.78, 5) is 16.8. The number of aryl methyl sites for hydroxylation is 2. The van der Waals surface area contributed by atoms with Gasteiger partial charge in [-0.25, -0.2) is 0 Å². The highest BCUT2D eigenvalue weighted by Gasteiger charge is 2.16. The van der Waals surface area contributed by atoms with Crippen LogP contribution >= 0.6 is 15.9 Å². The third kappa shape index (κ3) is 3.10. The molecule has 0 fully saturated rings. The number of carbonyl (C=O) groups is 1. The Kier molecular flexibility index (Phi) is 4.28. The van der Waals surface area contributed by atoms with E-state index < -0.39 is 0 Å². The van der Waals surface area contributed by atoms with Gasteiger partial charge in [0.15, 0.2) is 0 Å². The molecule has 2 aromatic rings. The van der Waals surface area contributed by atoms with Crippen molar-refractivity contribution in [1.82, 2.24) is 9.55 Å². The Morgan fingerprint density at radius 3 is 2.65 bits per heavy atom. The molecule has 1 N–H and O–H groups in total. The molecule has 0 radical (unpaired) electrons. The van der Waals surface area contributed by atoms with E-state index in [1.165, 1.54) is 0 Å². The van der Waals surface area contributed by atoms with E-state index >= 15 is 0 Å². The molecule has 0 bridgehead atoms. The average Bonchev–Trinajstić information content (AvgIpc) is 2.75. The van der Waals surface area contributed by atoms with Crippen LogP contribution in [0.2, 0.25) is 0 Å². The number of nitrogens with one attached hydrogen (secondary N) is 1. The van der Waals surface area contributed by atoms with Crippen LogP contribution < -0.4 is 5.32 Å². The maximum absolute atomic E-state index is 12.4. The highest BCUT2D eigenvalue weighted by atomic mass is 79.9. The molecule has 4 nitrogen and oxygen atoms in total. The molecule has 1 amide bonds. The molecular formula is C15H18BrN3O. The van der Waals surface area contributed by atoms with Crippen molar-refractivity contribution in [3.63, 3.8) is 0 Å². The van der Waals surface area contributed by atoms with Gasteiger partial charge in [0.1, 0.15) is 5.69 Å². The van der Waals surface area contributed by atoms with E-state index in [9.17, 15) is 4.79 Å². The van der Waals surface area contributed by atoms with Gasteiger partial charge < -0.3 is 9.88 Å². The zero-order valence-corrected chi connectivity index (χ0v) is 13.7. The van der Waals surface area contributed by atoms with Gasteiger partial charge in [0.2, 0.25) is 0 Å². The van der Waals surface area contributed by atoms with Gasteiger partial charge in [-0.15, -0.1) is 0 Å². The van der Waals surface area contributed by atoms with Crippen LogP contribution in [0.1, 0.15) is 41.8 Å². The molecule has 2 heterocycles. The SMILES string of the molecule is Cc1ccc(NC(=O)c2cc(Br)cn2C(C)C)c(C)n1. The maximum Gasteiger partial charge on any atom is 0.272 e. The highest BCUT2D eigenvalue weighted by molar-refractivity contribution is 9.10. The van der Waals surface area contributed by atoms with Gasteiger partial charge in [-0.2, -0.15) is 0 Å². The van der Waals surface area contributed by atoms with Crippen LogP contribution in [0.25, 0.3) is 0 Å². The van der Waals surface area contributed by atoms with Crippen molar-refractivity contribution in [3.05, 3.63) is 46.0 Å². The number of hydrogen-bond acceptors (Lipinski definition) is 2. The molecule has 0 saturated carbocycles. The minimum absolute atomic E-state index is 0.127. The number of rotatable bonds is 3. The van der Waals surface area contributed by atoms with E-state index in [1.54, 1.807) is 0 Å². The van der Waals surface area contributed by atoms with Crippen molar-refractivity contribution in [2.45, 2.75) is 33.7 Å². The first-order valence-corrected chi connectivity index (χ1v) is 7.30. The summed E-state index contributed by atoms with van der Waals surface area (Å²) < 4.78 is 2.84. The summed E-state index contributed by atoms with van der Waals surface area (Å²) in [7, 11) is 0. The van der Waals surface area contributed by atoms with E-state index in [0.717, 1.165) is 21.5 Å².